The van der Waals surface area contributed by atoms with Crippen LogP contribution in [0.4, 0.5) is 20.2 Å². The first-order chi connectivity index (χ1) is 8.86. The van der Waals surface area contributed by atoms with Crippen molar-refractivity contribution in [3.05, 3.63) is 33.9 Å². The summed E-state index contributed by atoms with van der Waals surface area (Å²) in [4.78, 5) is 9.90. The Kier molecular flexibility index (Phi) is 5.17. The Labute approximate surface area is 109 Å². The lowest BCUT2D eigenvalue weighted by Gasteiger charge is -2.23. The maximum Gasteiger partial charge on any atom is 0.270 e. The number of anilines is 1. The Morgan fingerprint density at radius 1 is 1.42 bits per heavy atom. The first kappa shape index (κ1) is 15.3. The highest BCUT2D eigenvalue weighted by atomic mass is 19.3. The molecule has 0 heterocycles. The zero-order chi connectivity index (χ0) is 14.6. The fraction of sp³-hybridized carbons (Fsp3) is 0.500. The summed E-state index contributed by atoms with van der Waals surface area (Å²) in [6.07, 6.45) is -2.78. The number of rotatable bonds is 6. The van der Waals surface area contributed by atoms with Gasteiger partial charge in [0.25, 0.3) is 12.1 Å². The minimum absolute atomic E-state index is 0.158. The van der Waals surface area contributed by atoms with Gasteiger partial charge in [-0.25, -0.2) is 8.78 Å². The standard InChI is InChI=1S/C12H17F2N3O2/c1-7(2)11(6-15)16-10-4-3-8(17(18)19)5-9(10)12(13)14/h3-5,7,11-12,16H,6,15H2,1-2H3. The summed E-state index contributed by atoms with van der Waals surface area (Å²) in [5, 5.41) is 13.5. The molecule has 0 saturated heterocycles. The number of benzene rings is 1. The predicted molar refractivity (Wildman–Crippen MR) is 69.4 cm³/mol. The third kappa shape index (κ3) is 3.85. The Hall–Kier alpha value is -1.76. The molecule has 1 aromatic carbocycles. The summed E-state index contributed by atoms with van der Waals surface area (Å²) in [7, 11) is 0. The molecule has 0 aliphatic heterocycles. The topological polar surface area (TPSA) is 81.2 Å². The van der Waals surface area contributed by atoms with Crippen molar-refractivity contribution in [1.29, 1.82) is 0 Å². The van der Waals surface area contributed by atoms with Crippen LogP contribution in [0.25, 0.3) is 0 Å². The van der Waals surface area contributed by atoms with E-state index in [1.165, 1.54) is 12.1 Å². The van der Waals surface area contributed by atoms with Crippen molar-refractivity contribution in [3.63, 3.8) is 0 Å². The monoisotopic (exact) mass is 273 g/mol. The Morgan fingerprint density at radius 3 is 2.47 bits per heavy atom. The molecule has 0 spiro atoms. The zero-order valence-corrected chi connectivity index (χ0v) is 10.8. The van der Waals surface area contributed by atoms with Crippen LogP contribution < -0.4 is 11.1 Å². The van der Waals surface area contributed by atoms with Crippen LogP contribution >= 0.6 is 0 Å². The average Bonchev–Trinajstić information content (AvgIpc) is 2.35. The van der Waals surface area contributed by atoms with E-state index in [0.29, 0.717) is 0 Å². The number of alkyl halides is 2. The van der Waals surface area contributed by atoms with Gasteiger partial charge < -0.3 is 11.1 Å². The number of halogens is 2. The van der Waals surface area contributed by atoms with Gasteiger partial charge in [-0.15, -0.1) is 0 Å². The molecular formula is C12H17F2N3O2. The smallest absolute Gasteiger partial charge is 0.270 e. The summed E-state index contributed by atoms with van der Waals surface area (Å²) in [5.41, 5.74) is 5.02. The van der Waals surface area contributed by atoms with E-state index in [1.54, 1.807) is 0 Å². The molecule has 0 amide bonds. The summed E-state index contributed by atoms with van der Waals surface area (Å²) < 4.78 is 25.9. The number of hydrogen-bond donors (Lipinski definition) is 2. The molecule has 106 valence electrons. The summed E-state index contributed by atoms with van der Waals surface area (Å²) in [6, 6.07) is 3.21. The molecule has 1 unspecified atom stereocenters. The van der Waals surface area contributed by atoms with Crippen molar-refractivity contribution >= 4 is 11.4 Å². The van der Waals surface area contributed by atoms with Crippen molar-refractivity contribution in [3.8, 4) is 0 Å². The second-order valence-electron chi connectivity index (χ2n) is 4.56. The van der Waals surface area contributed by atoms with Gasteiger partial charge >= 0.3 is 0 Å². The lowest BCUT2D eigenvalue weighted by molar-refractivity contribution is -0.385. The molecule has 3 N–H and O–H groups in total. The fourth-order valence-electron chi connectivity index (χ4n) is 1.67. The summed E-state index contributed by atoms with van der Waals surface area (Å²) in [6.45, 7) is 4.12. The molecule has 0 bridgehead atoms. The number of nitrogens with zero attached hydrogens (tertiary/aromatic N) is 1. The largest absolute Gasteiger partial charge is 0.380 e. The van der Waals surface area contributed by atoms with Crippen LogP contribution in [-0.4, -0.2) is 17.5 Å². The van der Waals surface area contributed by atoms with Crippen LogP contribution in [0.5, 0.6) is 0 Å². The molecule has 1 rings (SSSR count). The van der Waals surface area contributed by atoms with E-state index < -0.39 is 11.3 Å². The van der Waals surface area contributed by atoms with Gasteiger partial charge in [-0.2, -0.15) is 0 Å². The van der Waals surface area contributed by atoms with E-state index in [9.17, 15) is 18.9 Å². The summed E-state index contributed by atoms with van der Waals surface area (Å²) in [5.74, 6) is 0.158. The molecule has 5 nitrogen and oxygen atoms in total. The normalized spacial score (nSPS) is 12.8. The van der Waals surface area contributed by atoms with Crippen LogP contribution in [0.3, 0.4) is 0 Å². The van der Waals surface area contributed by atoms with Crippen LogP contribution in [0, 0.1) is 16.0 Å². The number of nitrogens with one attached hydrogen (secondary N) is 1. The van der Waals surface area contributed by atoms with Crippen molar-refractivity contribution < 1.29 is 13.7 Å². The van der Waals surface area contributed by atoms with Crippen molar-refractivity contribution in [2.45, 2.75) is 26.3 Å². The lowest BCUT2D eigenvalue weighted by atomic mass is 10.0. The lowest BCUT2D eigenvalue weighted by Crippen LogP contribution is -2.34. The molecule has 7 heteroatoms. The average molecular weight is 273 g/mol. The molecule has 0 aromatic heterocycles. The van der Waals surface area contributed by atoms with Gasteiger partial charge in [-0.05, 0) is 12.0 Å². The third-order valence-electron chi connectivity index (χ3n) is 2.88. The maximum absolute atomic E-state index is 12.9. The third-order valence-corrected chi connectivity index (χ3v) is 2.88. The molecule has 0 aliphatic rings. The van der Waals surface area contributed by atoms with Crippen LogP contribution in [0.1, 0.15) is 25.8 Å². The number of nitrogens with two attached hydrogens (primary N) is 1. The van der Waals surface area contributed by atoms with Crippen LogP contribution in [0.15, 0.2) is 18.2 Å². The van der Waals surface area contributed by atoms with Crippen molar-refractivity contribution in [2.24, 2.45) is 11.7 Å². The van der Waals surface area contributed by atoms with Gasteiger partial charge in [-0.1, -0.05) is 13.8 Å². The molecular weight excluding hydrogens is 256 g/mol. The zero-order valence-electron chi connectivity index (χ0n) is 10.8. The van der Waals surface area contributed by atoms with Gasteiger partial charge in [0.1, 0.15) is 0 Å². The number of nitro benzene ring substituents is 1. The highest BCUT2D eigenvalue weighted by molar-refractivity contribution is 5.57. The fourth-order valence-corrected chi connectivity index (χ4v) is 1.67. The quantitative estimate of drug-likeness (QED) is 0.616. The van der Waals surface area contributed by atoms with Crippen LogP contribution in [-0.2, 0) is 0 Å². The van der Waals surface area contributed by atoms with Gasteiger partial charge in [0, 0.05) is 36.0 Å². The minimum Gasteiger partial charge on any atom is -0.380 e. The van der Waals surface area contributed by atoms with Crippen LogP contribution in [0.2, 0.25) is 0 Å². The molecule has 0 saturated carbocycles. The van der Waals surface area contributed by atoms with E-state index in [0.717, 1.165) is 6.07 Å². The van der Waals surface area contributed by atoms with Crippen molar-refractivity contribution in [1.82, 2.24) is 0 Å². The van der Waals surface area contributed by atoms with E-state index in [4.69, 9.17) is 5.73 Å². The Bertz CT molecular complexity index is 453. The summed E-state index contributed by atoms with van der Waals surface area (Å²) >= 11 is 0. The SMILES string of the molecule is CC(C)C(CN)Nc1ccc([N+](=O)[O-])cc1C(F)F. The molecule has 1 atom stereocenters. The molecule has 1 aromatic rings. The first-order valence-electron chi connectivity index (χ1n) is 5.90. The van der Waals surface area contributed by atoms with E-state index in [2.05, 4.69) is 5.32 Å². The first-order valence-corrected chi connectivity index (χ1v) is 5.90. The van der Waals surface area contributed by atoms with E-state index in [-0.39, 0.29) is 35.4 Å². The number of non-ortho nitro benzene ring substituents is 1. The Morgan fingerprint density at radius 2 is 2.05 bits per heavy atom. The van der Waals surface area contributed by atoms with Gasteiger partial charge in [0.05, 0.1) is 4.92 Å². The van der Waals surface area contributed by atoms with E-state index in [1.807, 2.05) is 13.8 Å². The highest BCUT2D eigenvalue weighted by Gasteiger charge is 2.20. The second kappa shape index (κ2) is 6.42. The Balaban J connectivity index is 3.09. The van der Waals surface area contributed by atoms with Gasteiger partial charge in [-0.3, -0.25) is 10.1 Å². The maximum atomic E-state index is 12.9. The minimum atomic E-state index is -2.78. The molecule has 0 fully saturated rings. The van der Waals surface area contributed by atoms with Gasteiger partial charge in [0.15, 0.2) is 0 Å². The van der Waals surface area contributed by atoms with Crippen molar-refractivity contribution in [2.75, 3.05) is 11.9 Å². The number of hydrogen-bond acceptors (Lipinski definition) is 4. The van der Waals surface area contributed by atoms with Gasteiger partial charge in [0.2, 0.25) is 0 Å². The number of nitro groups is 1. The van der Waals surface area contributed by atoms with E-state index >= 15 is 0 Å². The molecule has 19 heavy (non-hydrogen) atoms. The highest BCUT2D eigenvalue weighted by Crippen LogP contribution is 2.31. The second-order valence-corrected chi connectivity index (χ2v) is 4.56. The molecule has 0 radical (unpaired) electrons. The predicted octanol–water partition coefficient (Wildman–Crippen LogP) is 2.93. The molecule has 0 aliphatic carbocycles.